The van der Waals surface area contributed by atoms with Crippen LogP contribution in [0.3, 0.4) is 0 Å². The molecule has 2 heterocycles. The van der Waals surface area contributed by atoms with Crippen molar-refractivity contribution in [2.45, 2.75) is 39.7 Å². The van der Waals surface area contributed by atoms with Crippen molar-refractivity contribution in [3.05, 3.63) is 28.3 Å². The van der Waals surface area contributed by atoms with Crippen LogP contribution in [0.15, 0.2) is 17.6 Å². The molecule has 0 saturated heterocycles. The summed E-state index contributed by atoms with van der Waals surface area (Å²) >= 11 is 1.58. The van der Waals surface area contributed by atoms with Crippen molar-refractivity contribution in [1.82, 2.24) is 15.3 Å². The number of thiazole rings is 1. The van der Waals surface area contributed by atoms with E-state index < -0.39 is 5.60 Å². The van der Waals surface area contributed by atoms with Crippen LogP contribution in [0, 0.1) is 12.8 Å². The average molecular weight is 321 g/mol. The Bertz CT molecular complexity index is 645. The number of aromatic nitrogens is 2. The molecule has 2 aromatic rings. The highest BCUT2D eigenvalue weighted by Crippen LogP contribution is 2.22. The smallest absolute Gasteiger partial charge is 0.267 e. The molecule has 0 radical (unpaired) electrons. The number of rotatable bonds is 6. The minimum Gasteiger partial charge on any atom is -0.388 e. The third-order valence-corrected chi connectivity index (χ3v) is 4.90. The molecule has 120 valence electrons. The zero-order valence-electron chi connectivity index (χ0n) is 13.4. The van der Waals surface area contributed by atoms with Crippen molar-refractivity contribution < 1.29 is 9.90 Å². The fourth-order valence-corrected chi connectivity index (χ4v) is 2.76. The van der Waals surface area contributed by atoms with E-state index in [0.29, 0.717) is 5.69 Å². The maximum Gasteiger partial charge on any atom is 0.267 e. The topological polar surface area (TPSA) is 78.0 Å². The van der Waals surface area contributed by atoms with E-state index in [1.54, 1.807) is 30.5 Å². The van der Waals surface area contributed by atoms with E-state index in [4.69, 9.17) is 0 Å². The van der Waals surface area contributed by atoms with Crippen LogP contribution >= 0.6 is 11.3 Å². The van der Waals surface area contributed by atoms with E-state index in [9.17, 15) is 9.90 Å². The molecule has 0 aliphatic heterocycles. The molecule has 2 unspecified atom stereocenters. The molecule has 0 spiro atoms. The van der Waals surface area contributed by atoms with Gasteiger partial charge in [0.05, 0.1) is 16.3 Å². The Balaban J connectivity index is 2.01. The van der Waals surface area contributed by atoms with Gasteiger partial charge in [0, 0.05) is 23.7 Å². The van der Waals surface area contributed by atoms with Crippen LogP contribution in [0.1, 0.15) is 42.7 Å². The molecule has 0 fully saturated rings. The van der Waals surface area contributed by atoms with E-state index in [1.165, 1.54) is 0 Å². The summed E-state index contributed by atoms with van der Waals surface area (Å²) in [6, 6.07) is 1.78. The average Bonchev–Trinajstić information content (AvgIpc) is 3.12. The van der Waals surface area contributed by atoms with Gasteiger partial charge in [-0.15, -0.1) is 11.3 Å². The Morgan fingerprint density at radius 3 is 2.91 bits per heavy atom. The lowest BCUT2D eigenvalue weighted by molar-refractivity contribution is 0.00588. The minimum absolute atomic E-state index is 0.116. The summed E-state index contributed by atoms with van der Waals surface area (Å²) < 4.78 is 0. The fraction of sp³-hybridized carbons (Fsp3) is 0.500. The third-order valence-electron chi connectivity index (χ3n) is 4.12. The van der Waals surface area contributed by atoms with E-state index in [2.05, 4.69) is 15.3 Å². The summed E-state index contributed by atoms with van der Waals surface area (Å²) in [6.07, 6.45) is 2.63. The van der Waals surface area contributed by atoms with Gasteiger partial charge in [0.1, 0.15) is 5.69 Å². The fourth-order valence-electron chi connectivity index (χ4n) is 2.14. The number of aromatic amines is 1. The molecule has 5 nitrogen and oxygen atoms in total. The van der Waals surface area contributed by atoms with Crippen LogP contribution in [0.5, 0.6) is 0 Å². The second-order valence-electron chi connectivity index (χ2n) is 5.90. The SMILES string of the molecule is CCC(C)C(C)(O)CNC(=O)c1cc(-c2csc(C)n2)c[nH]1. The molecule has 0 saturated carbocycles. The number of hydrogen-bond acceptors (Lipinski definition) is 4. The Kier molecular flexibility index (Phi) is 5.03. The second-order valence-corrected chi connectivity index (χ2v) is 6.97. The summed E-state index contributed by atoms with van der Waals surface area (Å²) in [5.41, 5.74) is 1.32. The molecule has 2 atom stereocenters. The van der Waals surface area contributed by atoms with Gasteiger partial charge in [0.2, 0.25) is 0 Å². The molecule has 3 N–H and O–H groups in total. The third kappa shape index (κ3) is 3.75. The summed E-state index contributed by atoms with van der Waals surface area (Å²) in [5, 5.41) is 16.1. The highest BCUT2D eigenvalue weighted by molar-refractivity contribution is 7.09. The Labute approximate surface area is 134 Å². The van der Waals surface area contributed by atoms with Crippen LogP contribution < -0.4 is 5.32 Å². The number of carbonyl (C=O) groups is 1. The molecule has 6 heteroatoms. The molecule has 0 bridgehead atoms. The van der Waals surface area contributed by atoms with Crippen molar-refractivity contribution in [3.8, 4) is 11.3 Å². The number of carbonyl (C=O) groups excluding carboxylic acids is 1. The number of nitrogens with one attached hydrogen (secondary N) is 2. The molecule has 1 amide bonds. The highest BCUT2D eigenvalue weighted by atomic mass is 32.1. The molecule has 0 aliphatic rings. The molecular weight excluding hydrogens is 298 g/mol. The number of hydrogen-bond donors (Lipinski definition) is 3. The van der Waals surface area contributed by atoms with Gasteiger partial charge in [-0.2, -0.15) is 0 Å². The lowest BCUT2D eigenvalue weighted by Crippen LogP contribution is -2.45. The van der Waals surface area contributed by atoms with Gasteiger partial charge in [-0.3, -0.25) is 4.79 Å². The molecule has 2 rings (SSSR count). The van der Waals surface area contributed by atoms with Gasteiger partial charge in [-0.25, -0.2) is 4.98 Å². The number of aryl methyl sites for hydroxylation is 1. The van der Waals surface area contributed by atoms with Crippen molar-refractivity contribution in [1.29, 1.82) is 0 Å². The van der Waals surface area contributed by atoms with E-state index in [0.717, 1.165) is 22.7 Å². The van der Waals surface area contributed by atoms with Crippen molar-refractivity contribution >= 4 is 17.2 Å². The summed E-state index contributed by atoms with van der Waals surface area (Å²) in [5.74, 6) is -0.105. The Hall–Kier alpha value is -1.66. The normalized spacial score (nSPS) is 15.3. The van der Waals surface area contributed by atoms with Gasteiger partial charge < -0.3 is 15.4 Å². The van der Waals surface area contributed by atoms with E-state index in [1.807, 2.05) is 26.2 Å². The zero-order chi connectivity index (χ0) is 16.3. The summed E-state index contributed by atoms with van der Waals surface area (Å²) in [7, 11) is 0. The largest absolute Gasteiger partial charge is 0.388 e. The number of amides is 1. The van der Waals surface area contributed by atoms with Crippen LogP contribution in [0.25, 0.3) is 11.3 Å². The minimum atomic E-state index is -0.911. The van der Waals surface area contributed by atoms with E-state index >= 15 is 0 Å². The van der Waals surface area contributed by atoms with Crippen molar-refractivity contribution in [3.63, 3.8) is 0 Å². The molecular formula is C16H23N3O2S. The number of H-pyrrole nitrogens is 1. The maximum absolute atomic E-state index is 12.2. The van der Waals surface area contributed by atoms with Crippen LogP contribution in [0.4, 0.5) is 0 Å². The summed E-state index contributed by atoms with van der Waals surface area (Å²) in [4.78, 5) is 19.5. The number of aliphatic hydroxyl groups is 1. The summed E-state index contributed by atoms with van der Waals surface area (Å²) in [6.45, 7) is 7.92. The first-order valence-electron chi connectivity index (χ1n) is 7.45. The highest BCUT2D eigenvalue weighted by Gasteiger charge is 2.27. The first-order chi connectivity index (χ1) is 10.3. The van der Waals surface area contributed by atoms with Gasteiger partial charge >= 0.3 is 0 Å². The Morgan fingerprint density at radius 1 is 1.59 bits per heavy atom. The van der Waals surface area contributed by atoms with Crippen LogP contribution in [-0.2, 0) is 0 Å². The monoisotopic (exact) mass is 321 g/mol. The lowest BCUT2D eigenvalue weighted by Gasteiger charge is -2.29. The zero-order valence-corrected chi connectivity index (χ0v) is 14.3. The van der Waals surface area contributed by atoms with Crippen molar-refractivity contribution in [2.24, 2.45) is 5.92 Å². The van der Waals surface area contributed by atoms with E-state index in [-0.39, 0.29) is 18.4 Å². The predicted octanol–water partition coefficient (Wildman–Crippen LogP) is 2.97. The first-order valence-corrected chi connectivity index (χ1v) is 8.33. The van der Waals surface area contributed by atoms with Crippen molar-refractivity contribution in [2.75, 3.05) is 6.54 Å². The molecule has 0 aromatic carbocycles. The van der Waals surface area contributed by atoms with Crippen LogP contribution in [-0.4, -0.2) is 33.1 Å². The maximum atomic E-state index is 12.2. The van der Waals surface area contributed by atoms with Crippen LogP contribution in [0.2, 0.25) is 0 Å². The van der Waals surface area contributed by atoms with Gasteiger partial charge in [0.15, 0.2) is 0 Å². The molecule has 0 aliphatic carbocycles. The second kappa shape index (κ2) is 6.62. The van der Waals surface area contributed by atoms with Gasteiger partial charge in [0.25, 0.3) is 5.91 Å². The number of nitrogens with zero attached hydrogens (tertiary/aromatic N) is 1. The standard InChI is InChI=1S/C16H23N3O2S/c1-5-10(2)16(4,21)9-18-15(20)13-6-12(7-17-13)14-8-22-11(3)19-14/h6-8,10,17,21H,5,9H2,1-4H3,(H,18,20). The molecule has 2 aromatic heterocycles. The lowest BCUT2D eigenvalue weighted by atomic mass is 9.88. The van der Waals surface area contributed by atoms with Gasteiger partial charge in [-0.05, 0) is 25.8 Å². The van der Waals surface area contributed by atoms with Gasteiger partial charge in [-0.1, -0.05) is 20.3 Å². The predicted molar refractivity (Wildman–Crippen MR) is 89.0 cm³/mol. The quantitative estimate of drug-likeness (QED) is 0.765. The molecule has 22 heavy (non-hydrogen) atoms. The Morgan fingerprint density at radius 2 is 2.32 bits per heavy atom. The first kappa shape index (κ1) is 16.7.